The third-order valence-electron chi connectivity index (χ3n) is 4.47. The van der Waals surface area contributed by atoms with E-state index >= 15 is 0 Å². The van der Waals surface area contributed by atoms with Gasteiger partial charge in [0.05, 0.1) is 12.1 Å². The quantitative estimate of drug-likeness (QED) is 0.731. The predicted molar refractivity (Wildman–Crippen MR) is 88.8 cm³/mol. The first kappa shape index (κ1) is 15.0. The maximum atomic E-state index is 13.8. The van der Waals surface area contributed by atoms with Gasteiger partial charge in [0.2, 0.25) is 5.89 Å². The molecule has 2 aromatic carbocycles. The van der Waals surface area contributed by atoms with Crippen LogP contribution in [0, 0.1) is 5.82 Å². The van der Waals surface area contributed by atoms with Gasteiger partial charge in [-0.25, -0.2) is 4.39 Å². The SMILES string of the molecule is Fc1ccccc1-c1nnc(CN2CCC(c3ccccc3)C2)o1. The molecule has 1 unspecified atom stereocenters. The molecule has 5 heteroatoms. The molecule has 24 heavy (non-hydrogen) atoms. The summed E-state index contributed by atoms with van der Waals surface area (Å²) in [5, 5.41) is 8.05. The van der Waals surface area contributed by atoms with Crippen molar-refractivity contribution in [2.75, 3.05) is 13.1 Å². The van der Waals surface area contributed by atoms with Gasteiger partial charge in [0.15, 0.2) is 0 Å². The Bertz CT molecular complexity index is 818. The molecule has 122 valence electrons. The highest BCUT2D eigenvalue weighted by atomic mass is 19.1. The fourth-order valence-corrected chi connectivity index (χ4v) is 3.23. The summed E-state index contributed by atoms with van der Waals surface area (Å²) in [5.41, 5.74) is 1.72. The summed E-state index contributed by atoms with van der Waals surface area (Å²) in [5.74, 6) is 0.960. The lowest BCUT2D eigenvalue weighted by Gasteiger charge is -2.13. The summed E-state index contributed by atoms with van der Waals surface area (Å²) in [6, 6.07) is 17.0. The van der Waals surface area contributed by atoms with Gasteiger partial charge in [-0.15, -0.1) is 10.2 Å². The van der Waals surface area contributed by atoms with Crippen molar-refractivity contribution in [2.45, 2.75) is 18.9 Å². The minimum Gasteiger partial charge on any atom is -0.419 e. The highest BCUT2D eigenvalue weighted by Gasteiger charge is 2.25. The van der Waals surface area contributed by atoms with E-state index in [-0.39, 0.29) is 11.7 Å². The van der Waals surface area contributed by atoms with E-state index in [1.54, 1.807) is 18.2 Å². The van der Waals surface area contributed by atoms with Gasteiger partial charge in [-0.05, 0) is 36.6 Å². The lowest BCUT2D eigenvalue weighted by Crippen LogP contribution is -2.19. The Labute approximate surface area is 139 Å². The number of rotatable bonds is 4. The molecule has 1 aliphatic heterocycles. The van der Waals surface area contributed by atoms with E-state index in [4.69, 9.17) is 4.42 Å². The molecular formula is C19H18FN3O. The monoisotopic (exact) mass is 323 g/mol. The molecule has 0 bridgehead atoms. The highest BCUT2D eigenvalue weighted by Crippen LogP contribution is 2.28. The molecule has 3 aromatic rings. The topological polar surface area (TPSA) is 42.2 Å². The van der Waals surface area contributed by atoms with E-state index in [9.17, 15) is 4.39 Å². The summed E-state index contributed by atoms with van der Waals surface area (Å²) in [7, 11) is 0. The maximum Gasteiger partial charge on any atom is 0.250 e. The third kappa shape index (κ3) is 3.08. The van der Waals surface area contributed by atoms with Crippen molar-refractivity contribution in [1.82, 2.24) is 15.1 Å². The van der Waals surface area contributed by atoms with Gasteiger partial charge in [0, 0.05) is 6.54 Å². The first-order valence-electron chi connectivity index (χ1n) is 8.14. The van der Waals surface area contributed by atoms with E-state index < -0.39 is 0 Å². The standard InChI is InChI=1S/C19H18FN3O/c20-17-9-5-4-8-16(17)19-22-21-18(24-19)13-23-11-10-15(12-23)14-6-2-1-3-7-14/h1-9,15H,10-13H2. The van der Waals surface area contributed by atoms with Gasteiger partial charge >= 0.3 is 0 Å². The highest BCUT2D eigenvalue weighted by molar-refractivity contribution is 5.53. The summed E-state index contributed by atoms with van der Waals surface area (Å²) < 4.78 is 19.4. The van der Waals surface area contributed by atoms with Crippen molar-refractivity contribution in [3.63, 3.8) is 0 Å². The van der Waals surface area contributed by atoms with Crippen molar-refractivity contribution in [2.24, 2.45) is 0 Å². The van der Waals surface area contributed by atoms with Gasteiger partial charge < -0.3 is 4.42 Å². The second kappa shape index (κ2) is 6.53. The zero-order chi connectivity index (χ0) is 16.4. The van der Waals surface area contributed by atoms with Crippen LogP contribution in [0.1, 0.15) is 23.8 Å². The fraction of sp³-hybridized carbons (Fsp3) is 0.263. The molecule has 2 heterocycles. The molecule has 0 spiro atoms. The van der Waals surface area contributed by atoms with Crippen LogP contribution in [0.25, 0.3) is 11.5 Å². The molecule has 0 amide bonds. The first-order valence-corrected chi connectivity index (χ1v) is 8.14. The molecule has 0 N–H and O–H groups in total. The smallest absolute Gasteiger partial charge is 0.250 e. The van der Waals surface area contributed by atoms with Gasteiger partial charge in [-0.1, -0.05) is 42.5 Å². The number of hydrogen-bond acceptors (Lipinski definition) is 4. The lowest BCUT2D eigenvalue weighted by atomic mass is 9.99. The molecule has 1 atom stereocenters. The van der Waals surface area contributed by atoms with Gasteiger partial charge in [-0.3, -0.25) is 4.90 Å². The Hall–Kier alpha value is -2.53. The van der Waals surface area contributed by atoms with Gasteiger partial charge in [0.25, 0.3) is 5.89 Å². The van der Waals surface area contributed by atoms with Crippen LogP contribution in [-0.4, -0.2) is 28.2 Å². The van der Waals surface area contributed by atoms with Gasteiger partial charge in [-0.2, -0.15) is 0 Å². The van der Waals surface area contributed by atoms with Crippen LogP contribution in [0.15, 0.2) is 59.0 Å². The molecular weight excluding hydrogens is 305 g/mol. The third-order valence-corrected chi connectivity index (χ3v) is 4.47. The average molecular weight is 323 g/mol. The number of likely N-dealkylation sites (tertiary alicyclic amines) is 1. The summed E-state index contributed by atoms with van der Waals surface area (Å²) >= 11 is 0. The average Bonchev–Trinajstić information content (AvgIpc) is 3.26. The summed E-state index contributed by atoms with van der Waals surface area (Å²) in [4.78, 5) is 2.30. The van der Waals surface area contributed by atoms with Crippen LogP contribution < -0.4 is 0 Å². The van der Waals surface area contributed by atoms with Crippen molar-refractivity contribution >= 4 is 0 Å². The van der Waals surface area contributed by atoms with Crippen molar-refractivity contribution < 1.29 is 8.81 Å². The maximum absolute atomic E-state index is 13.8. The van der Waals surface area contributed by atoms with Crippen LogP contribution >= 0.6 is 0 Å². The van der Waals surface area contributed by atoms with Crippen LogP contribution in [0.2, 0.25) is 0 Å². The molecule has 0 saturated carbocycles. The van der Waals surface area contributed by atoms with Crippen molar-refractivity contribution in [1.29, 1.82) is 0 Å². The second-order valence-electron chi connectivity index (χ2n) is 6.11. The van der Waals surface area contributed by atoms with Crippen LogP contribution in [0.4, 0.5) is 4.39 Å². The second-order valence-corrected chi connectivity index (χ2v) is 6.11. The van der Waals surface area contributed by atoms with E-state index in [1.165, 1.54) is 11.6 Å². The molecule has 4 nitrogen and oxygen atoms in total. The van der Waals surface area contributed by atoms with Gasteiger partial charge in [0.1, 0.15) is 5.82 Å². The number of halogens is 1. The summed E-state index contributed by atoms with van der Waals surface area (Å²) in [6.07, 6.45) is 1.12. The van der Waals surface area contributed by atoms with E-state index in [0.29, 0.717) is 23.9 Å². The number of nitrogens with zero attached hydrogens (tertiary/aromatic N) is 3. The number of benzene rings is 2. The van der Waals surface area contributed by atoms with Crippen molar-refractivity contribution in [3.05, 3.63) is 71.9 Å². The predicted octanol–water partition coefficient (Wildman–Crippen LogP) is 3.87. The molecule has 4 rings (SSSR count). The number of hydrogen-bond donors (Lipinski definition) is 0. The van der Waals surface area contributed by atoms with E-state index in [1.807, 2.05) is 6.07 Å². The first-order chi connectivity index (χ1) is 11.8. The minimum absolute atomic E-state index is 0.238. The van der Waals surface area contributed by atoms with E-state index in [2.05, 4.69) is 39.4 Å². The Balaban J connectivity index is 1.43. The van der Waals surface area contributed by atoms with Crippen LogP contribution in [-0.2, 0) is 6.54 Å². The largest absolute Gasteiger partial charge is 0.419 e. The Morgan fingerprint density at radius 1 is 1.04 bits per heavy atom. The normalized spacial score (nSPS) is 18.1. The molecule has 1 aromatic heterocycles. The Morgan fingerprint density at radius 3 is 2.67 bits per heavy atom. The van der Waals surface area contributed by atoms with Crippen LogP contribution in [0.5, 0.6) is 0 Å². The van der Waals surface area contributed by atoms with E-state index in [0.717, 1.165) is 19.5 Å². The molecule has 1 aliphatic rings. The van der Waals surface area contributed by atoms with Crippen molar-refractivity contribution in [3.8, 4) is 11.5 Å². The Morgan fingerprint density at radius 2 is 1.83 bits per heavy atom. The summed E-state index contributed by atoms with van der Waals surface area (Å²) in [6.45, 7) is 2.57. The Kier molecular flexibility index (Phi) is 4.09. The molecule has 0 radical (unpaired) electrons. The minimum atomic E-state index is -0.349. The lowest BCUT2D eigenvalue weighted by molar-refractivity contribution is 0.289. The molecule has 1 fully saturated rings. The fourth-order valence-electron chi connectivity index (χ4n) is 3.23. The zero-order valence-electron chi connectivity index (χ0n) is 13.2. The molecule has 0 aliphatic carbocycles. The van der Waals surface area contributed by atoms with Crippen LogP contribution in [0.3, 0.4) is 0 Å². The molecule has 1 saturated heterocycles. The zero-order valence-corrected chi connectivity index (χ0v) is 13.2. The number of aromatic nitrogens is 2.